The zero-order valence-electron chi connectivity index (χ0n) is 9.31. The normalized spacial score (nSPS) is 37.8. The molecule has 0 saturated carbocycles. The molecule has 1 aliphatic heterocycles. The summed E-state index contributed by atoms with van der Waals surface area (Å²) in [6, 6.07) is -1.17. The van der Waals surface area contributed by atoms with Crippen LogP contribution in [0.5, 0.6) is 0 Å². The molecule has 1 rings (SSSR count). The van der Waals surface area contributed by atoms with E-state index in [4.69, 9.17) is 9.84 Å². The lowest BCUT2D eigenvalue weighted by Crippen LogP contribution is -2.64. The SMILES string of the molecule is COCC(=O)NC1[C@H](O)OC(CO)[C@@H](O)[C@@H]1O. The number of hydrogen-bond donors (Lipinski definition) is 5. The molecule has 0 radical (unpaired) electrons. The van der Waals surface area contributed by atoms with Gasteiger partial charge in [0, 0.05) is 7.11 Å². The number of hydrogen-bond acceptors (Lipinski definition) is 7. The summed E-state index contributed by atoms with van der Waals surface area (Å²) < 4.78 is 9.42. The summed E-state index contributed by atoms with van der Waals surface area (Å²) in [6.07, 6.45) is -5.42. The summed E-state index contributed by atoms with van der Waals surface area (Å²) in [6.45, 7) is -0.788. The Bertz CT molecular complexity index is 262. The van der Waals surface area contributed by atoms with Gasteiger partial charge in [-0.05, 0) is 0 Å². The maximum absolute atomic E-state index is 11.2. The zero-order chi connectivity index (χ0) is 13.0. The Morgan fingerprint density at radius 2 is 2.00 bits per heavy atom. The van der Waals surface area contributed by atoms with Gasteiger partial charge in [0.1, 0.15) is 31.0 Å². The minimum atomic E-state index is -1.51. The first-order valence-corrected chi connectivity index (χ1v) is 5.10. The molecule has 0 spiro atoms. The van der Waals surface area contributed by atoms with E-state index in [-0.39, 0.29) is 6.61 Å². The summed E-state index contributed by atoms with van der Waals surface area (Å²) in [5.74, 6) is -0.561. The smallest absolute Gasteiger partial charge is 0.246 e. The van der Waals surface area contributed by atoms with Crippen LogP contribution in [0.1, 0.15) is 0 Å². The van der Waals surface area contributed by atoms with Gasteiger partial charge in [0.15, 0.2) is 6.29 Å². The van der Waals surface area contributed by atoms with Crippen LogP contribution in [0.4, 0.5) is 0 Å². The van der Waals surface area contributed by atoms with Crippen LogP contribution in [0.3, 0.4) is 0 Å². The maximum atomic E-state index is 11.2. The Kier molecular flexibility index (Phi) is 5.25. The number of rotatable bonds is 4. The van der Waals surface area contributed by atoms with Crippen molar-refractivity contribution < 1.29 is 34.7 Å². The molecular weight excluding hydrogens is 234 g/mol. The van der Waals surface area contributed by atoms with E-state index in [0.717, 1.165) is 0 Å². The predicted octanol–water partition coefficient (Wildman–Crippen LogP) is -3.45. The van der Waals surface area contributed by atoms with Gasteiger partial charge in [-0.15, -0.1) is 0 Å². The summed E-state index contributed by atoms with van der Waals surface area (Å²) >= 11 is 0. The van der Waals surface area contributed by atoms with Crippen molar-refractivity contribution in [1.82, 2.24) is 5.32 Å². The van der Waals surface area contributed by atoms with Gasteiger partial charge in [0.2, 0.25) is 5.91 Å². The molecule has 5 N–H and O–H groups in total. The number of nitrogens with one attached hydrogen (secondary N) is 1. The molecule has 0 aromatic rings. The molecule has 0 aromatic heterocycles. The molecule has 1 amide bonds. The molecule has 100 valence electrons. The van der Waals surface area contributed by atoms with Crippen molar-refractivity contribution in [3.05, 3.63) is 0 Å². The van der Waals surface area contributed by atoms with Crippen LogP contribution in [0.25, 0.3) is 0 Å². The largest absolute Gasteiger partial charge is 0.394 e. The molecule has 1 heterocycles. The first kappa shape index (κ1) is 14.3. The topological polar surface area (TPSA) is 128 Å². The molecule has 2 unspecified atom stereocenters. The number of aliphatic hydroxyl groups is 4. The molecule has 1 saturated heterocycles. The van der Waals surface area contributed by atoms with Gasteiger partial charge in [-0.2, -0.15) is 0 Å². The minimum Gasteiger partial charge on any atom is -0.394 e. The van der Waals surface area contributed by atoms with Crippen molar-refractivity contribution in [2.24, 2.45) is 0 Å². The minimum absolute atomic E-state index is 0.241. The van der Waals surface area contributed by atoms with E-state index >= 15 is 0 Å². The van der Waals surface area contributed by atoms with E-state index in [9.17, 15) is 20.1 Å². The highest BCUT2D eigenvalue weighted by atomic mass is 16.6. The van der Waals surface area contributed by atoms with E-state index in [1.54, 1.807) is 0 Å². The molecule has 8 heteroatoms. The molecule has 0 bridgehead atoms. The zero-order valence-corrected chi connectivity index (χ0v) is 9.31. The van der Waals surface area contributed by atoms with Crippen molar-refractivity contribution in [2.45, 2.75) is 30.6 Å². The molecule has 1 fully saturated rings. The second kappa shape index (κ2) is 6.24. The number of aliphatic hydroxyl groups excluding tert-OH is 4. The lowest BCUT2D eigenvalue weighted by Gasteiger charge is -2.40. The number of carbonyl (C=O) groups excluding carboxylic acids is 1. The summed E-state index contributed by atoms with van der Waals surface area (Å²) in [7, 11) is 1.32. The van der Waals surface area contributed by atoms with Gasteiger partial charge in [-0.1, -0.05) is 0 Å². The molecule has 8 nitrogen and oxygen atoms in total. The highest BCUT2D eigenvalue weighted by Crippen LogP contribution is 2.19. The molecule has 17 heavy (non-hydrogen) atoms. The fraction of sp³-hybridized carbons (Fsp3) is 0.889. The first-order valence-electron chi connectivity index (χ1n) is 5.10. The monoisotopic (exact) mass is 251 g/mol. The number of ether oxygens (including phenoxy) is 2. The van der Waals surface area contributed by atoms with Crippen molar-refractivity contribution in [3.63, 3.8) is 0 Å². The van der Waals surface area contributed by atoms with E-state index in [2.05, 4.69) is 10.1 Å². The Balaban J connectivity index is 2.63. The number of carbonyl (C=O) groups is 1. The van der Waals surface area contributed by atoms with E-state index in [0.29, 0.717) is 0 Å². The molecular formula is C9H17NO7. The third-order valence-electron chi connectivity index (χ3n) is 2.50. The average molecular weight is 251 g/mol. The predicted molar refractivity (Wildman–Crippen MR) is 53.8 cm³/mol. The van der Waals surface area contributed by atoms with Crippen molar-refractivity contribution in [2.75, 3.05) is 20.3 Å². The van der Waals surface area contributed by atoms with Crippen LogP contribution < -0.4 is 5.32 Å². The van der Waals surface area contributed by atoms with Crippen LogP contribution in [-0.4, -0.2) is 77.3 Å². The molecule has 0 aliphatic carbocycles. The second-order valence-electron chi connectivity index (χ2n) is 3.76. The molecule has 5 atom stereocenters. The molecule has 0 aromatic carbocycles. The van der Waals surface area contributed by atoms with Crippen molar-refractivity contribution in [1.29, 1.82) is 0 Å². The lowest BCUT2D eigenvalue weighted by molar-refractivity contribution is -0.254. The van der Waals surface area contributed by atoms with Crippen LogP contribution in [-0.2, 0) is 14.3 Å². The van der Waals surface area contributed by atoms with Gasteiger partial charge in [-0.25, -0.2) is 0 Å². The van der Waals surface area contributed by atoms with Crippen LogP contribution in [0.15, 0.2) is 0 Å². The first-order chi connectivity index (χ1) is 8.01. The number of amides is 1. The summed E-state index contributed by atoms with van der Waals surface area (Å²) in [5.41, 5.74) is 0. The highest BCUT2D eigenvalue weighted by molar-refractivity contribution is 5.77. The maximum Gasteiger partial charge on any atom is 0.246 e. The van der Waals surface area contributed by atoms with Gasteiger partial charge < -0.3 is 35.2 Å². The van der Waals surface area contributed by atoms with E-state index < -0.39 is 43.2 Å². The van der Waals surface area contributed by atoms with Gasteiger partial charge in [0.05, 0.1) is 6.61 Å². The Labute approximate surface area is 97.8 Å². The van der Waals surface area contributed by atoms with E-state index in [1.807, 2.05) is 0 Å². The van der Waals surface area contributed by atoms with E-state index in [1.165, 1.54) is 7.11 Å². The van der Waals surface area contributed by atoms with Crippen LogP contribution in [0.2, 0.25) is 0 Å². The highest BCUT2D eigenvalue weighted by Gasteiger charge is 2.44. The van der Waals surface area contributed by atoms with Gasteiger partial charge >= 0.3 is 0 Å². The fourth-order valence-corrected chi connectivity index (χ4v) is 1.61. The summed E-state index contributed by atoms with van der Waals surface area (Å²) in [5, 5.41) is 39.8. The fourth-order valence-electron chi connectivity index (χ4n) is 1.61. The van der Waals surface area contributed by atoms with Crippen molar-refractivity contribution in [3.8, 4) is 0 Å². The third-order valence-corrected chi connectivity index (χ3v) is 2.50. The third kappa shape index (κ3) is 3.35. The Hall–Kier alpha value is -0.770. The average Bonchev–Trinajstić information content (AvgIpc) is 2.29. The quantitative estimate of drug-likeness (QED) is 0.351. The lowest BCUT2D eigenvalue weighted by atomic mass is 9.97. The molecule has 1 aliphatic rings. The van der Waals surface area contributed by atoms with Crippen LogP contribution in [0, 0.1) is 0 Å². The van der Waals surface area contributed by atoms with Crippen LogP contribution >= 0.6 is 0 Å². The second-order valence-corrected chi connectivity index (χ2v) is 3.76. The van der Waals surface area contributed by atoms with Gasteiger partial charge in [-0.3, -0.25) is 4.79 Å². The van der Waals surface area contributed by atoms with Gasteiger partial charge in [0.25, 0.3) is 0 Å². The Morgan fingerprint density at radius 1 is 1.35 bits per heavy atom. The van der Waals surface area contributed by atoms with Crippen molar-refractivity contribution >= 4 is 5.91 Å². The Morgan fingerprint density at radius 3 is 2.53 bits per heavy atom. The summed E-state index contributed by atoms with van der Waals surface area (Å²) in [4.78, 5) is 11.2. The standard InChI is InChI=1S/C9H17NO7/c1-16-3-5(12)10-6-8(14)7(13)4(2-11)17-9(6)15/h4,6-9,11,13-15H,2-3H2,1H3,(H,10,12)/t4?,6?,7-,8-,9-/m1/s1. The number of methoxy groups -OCH3 is 1.